The van der Waals surface area contributed by atoms with Crippen LogP contribution in [0.25, 0.3) is 12.2 Å². The number of nitrogens with one attached hydrogen (secondary N) is 1. The molecule has 0 radical (unpaired) electrons. The first-order chi connectivity index (χ1) is 14.4. The molecule has 0 bridgehead atoms. The van der Waals surface area contributed by atoms with Crippen molar-refractivity contribution in [1.82, 2.24) is 9.97 Å². The minimum Gasteiger partial charge on any atom is -0.493 e. The van der Waals surface area contributed by atoms with Crippen LogP contribution in [0.4, 0.5) is 5.69 Å². The summed E-state index contributed by atoms with van der Waals surface area (Å²) in [5.74, 6) is -0.267. The molecule has 0 aliphatic carbocycles. The number of benzene rings is 2. The van der Waals surface area contributed by atoms with E-state index in [0.717, 1.165) is 5.56 Å². The number of aromatic hydroxyl groups is 1. The Kier molecular flexibility index (Phi) is 6.33. The molecule has 1 aromatic heterocycles. The van der Waals surface area contributed by atoms with E-state index < -0.39 is 22.0 Å². The zero-order valence-corrected chi connectivity index (χ0v) is 16.4. The Morgan fingerprint density at radius 1 is 1.27 bits per heavy atom. The van der Waals surface area contributed by atoms with Crippen molar-refractivity contribution in [2.24, 2.45) is 0 Å². The van der Waals surface area contributed by atoms with Gasteiger partial charge in [-0.25, -0.2) is 0 Å². The predicted octanol–water partition coefficient (Wildman–Crippen LogP) is 3.80. The second kappa shape index (κ2) is 9.10. The van der Waals surface area contributed by atoms with Crippen molar-refractivity contribution in [2.45, 2.75) is 6.61 Å². The molecule has 0 spiro atoms. The zero-order chi connectivity index (χ0) is 21.7. The molecule has 30 heavy (non-hydrogen) atoms. The van der Waals surface area contributed by atoms with Crippen molar-refractivity contribution in [3.63, 3.8) is 0 Å². The second-order valence-corrected chi connectivity index (χ2v) is 6.43. The van der Waals surface area contributed by atoms with E-state index in [2.05, 4.69) is 9.97 Å². The molecule has 2 aromatic carbocycles. The SMILES string of the molecule is COc1cc(/C=C/c2nc(O)c([N+](=O)[O-])c(=O)[nH]2)cc(Cl)c1OCc1ccccc1. The van der Waals surface area contributed by atoms with Gasteiger partial charge < -0.3 is 19.6 Å². The van der Waals surface area contributed by atoms with Crippen LogP contribution in [0.2, 0.25) is 5.02 Å². The highest BCUT2D eigenvalue weighted by molar-refractivity contribution is 6.32. The van der Waals surface area contributed by atoms with Gasteiger partial charge in [-0.05, 0) is 29.3 Å². The lowest BCUT2D eigenvalue weighted by atomic mass is 10.1. The number of rotatable bonds is 7. The summed E-state index contributed by atoms with van der Waals surface area (Å²) >= 11 is 6.34. The van der Waals surface area contributed by atoms with Crippen LogP contribution in [0.1, 0.15) is 17.0 Å². The molecule has 0 amide bonds. The third-order valence-corrected chi connectivity index (χ3v) is 4.27. The zero-order valence-electron chi connectivity index (χ0n) is 15.7. The molecule has 0 fully saturated rings. The average Bonchev–Trinajstić information content (AvgIpc) is 2.71. The number of ether oxygens (including phenoxy) is 2. The third-order valence-electron chi connectivity index (χ3n) is 3.99. The Bertz CT molecular complexity index is 1160. The van der Waals surface area contributed by atoms with E-state index in [-0.39, 0.29) is 5.82 Å². The normalized spacial score (nSPS) is 10.9. The van der Waals surface area contributed by atoms with Crippen molar-refractivity contribution in [3.8, 4) is 17.4 Å². The number of H-pyrrole nitrogens is 1. The van der Waals surface area contributed by atoms with E-state index in [1.165, 1.54) is 13.2 Å². The van der Waals surface area contributed by atoms with Gasteiger partial charge >= 0.3 is 11.2 Å². The van der Waals surface area contributed by atoms with E-state index in [9.17, 15) is 20.0 Å². The summed E-state index contributed by atoms with van der Waals surface area (Å²) in [6.45, 7) is 0.305. The molecule has 10 heteroatoms. The fraction of sp³-hybridized carbons (Fsp3) is 0.100. The topological polar surface area (TPSA) is 128 Å². The molecular weight excluding hydrogens is 414 g/mol. The maximum absolute atomic E-state index is 11.7. The summed E-state index contributed by atoms with van der Waals surface area (Å²) in [5.41, 5.74) is -0.527. The van der Waals surface area contributed by atoms with Crippen molar-refractivity contribution in [3.05, 3.63) is 84.9 Å². The summed E-state index contributed by atoms with van der Waals surface area (Å²) in [6.07, 6.45) is 2.90. The van der Waals surface area contributed by atoms with Crippen molar-refractivity contribution >= 4 is 29.4 Å². The predicted molar refractivity (Wildman–Crippen MR) is 111 cm³/mol. The molecule has 0 unspecified atom stereocenters. The Labute approximate surface area is 175 Å². The van der Waals surface area contributed by atoms with Crippen LogP contribution in [-0.4, -0.2) is 27.1 Å². The minimum atomic E-state index is -1.06. The molecule has 3 rings (SSSR count). The molecule has 0 aliphatic rings. The van der Waals surface area contributed by atoms with Crippen LogP contribution in [0.15, 0.2) is 47.3 Å². The molecule has 0 atom stereocenters. The third kappa shape index (κ3) is 4.76. The van der Waals surface area contributed by atoms with Crippen LogP contribution in [0.3, 0.4) is 0 Å². The number of methoxy groups -OCH3 is 1. The molecule has 3 aromatic rings. The molecule has 2 N–H and O–H groups in total. The largest absolute Gasteiger partial charge is 0.493 e. The molecule has 1 heterocycles. The number of hydrogen-bond acceptors (Lipinski definition) is 7. The first-order valence-electron chi connectivity index (χ1n) is 8.59. The van der Waals surface area contributed by atoms with Gasteiger partial charge in [0, 0.05) is 0 Å². The lowest BCUT2D eigenvalue weighted by molar-refractivity contribution is -0.387. The average molecular weight is 430 g/mol. The standard InChI is InChI=1S/C20H16ClN3O6/c1-29-15-10-13(7-8-16-22-19(25)17(24(27)28)20(26)23-16)9-14(21)18(15)30-11-12-5-3-2-4-6-12/h2-10H,11H2,1H3,(H2,22,23,25,26)/b8-7+. The summed E-state index contributed by atoms with van der Waals surface area (Å²) in [4.78, 5) is 27.3. The molecule has 9 nitrogen and oxygen atoms in total. The van der Waals surface area contributed by atoms with E-state index >= 15 is 0 Å². The van der Waals surface area contributed by atoms with Crippen LogP contribution in [0.5, 0.6) is 17.4 Å². The molecule has 154 valence electrons. The molecule has 0 saturated heterocycles. The first kappa shape index (κ1) is 20.9. The van der Waals surface area contributed by atoms with Gasteiger partial charge in [-0.2, -0.15) is 4.98 Å². The minimum absolute atomic E-state index is 0.0670. The number of hydrogen-bond donors (Lipinski definition) is 2. The van der Waals surface area contributed by atoms with Crippen molar-refractivity contribution in [1.29, 1.82) is 0 Å². The summed E-state index contributed by atoms with van der Waals surface area (Å²) in [6, 6.07) is 12.8. The van der Waals surface area contributed by atoms with Crippen molar-refractivity contribution in [2.75, 3.05) is 7.11 Å². The van der Waals surface area contributed by atoms with Crippen LogP contribution < -0.4 is 15.0 Å². The first-order valence-corrected chi connectivity index (χ1v) is 8.97. The van der Waals surface area contributed by atoms with Crippen LogP contribution in [0, 0.1) is 10.1 Å². The number of nitrogens with zero attached hydrogens (tertiary/aromatic N) is 2. The quantitative estimate of drug-likeness (QED) is 0.432. The van der Waals surface area contributed by atoms with Gasteiger partial charge in [-0.1, -0.05) is 48.0 Å². The van der Waals surface area contributed by atoms with Gasteiger partial charge in [0.2, 0.25) is 0 Å². The van der Waals surface area contributed by atoms with Gasteiger partial charge in [0.05, 0.1) is 17.1 Å². The molecule has 0 aliphatic heterocycles. The molecular formula is C20H16ClN3O6. The summed E-state index contributed by atoms with van der Waals surface area (Å²) in [7, 11) is 1.47. The van der Waals surface area contributed by atoms with E-state index in [1.807, 2.05) is 30.3 Å². The van der Waals surface area contributed by atoms with E-state index in [1.54, 1.807) is 18.2 Å². The number of nitro groups is 1. The van der Waals surface area contributed by atoms with Gasteiger partial charge in [-0.3, -0.25) is 14.9 Å². The van der Waals surface area contributed by atoms with Crippen molar-refractivity contribution < 1.29 is 19.5 Å². The maximum Gasteiger partial charge on any atom is 0.395 e. The smallest absolute Gasteiger partial charge is 0.395 e. The van der Waals surface area contributed by atoms with Crippen LogP contribution in [-0.2, 0) is 6.61 Å². The number of halogens is 1. The maximum atomic E-state index is 11.7. The Morgan fingerprint density at radius 3 is 2.63 bits per heavy atom. The Hall–Kier alpha value is -3.85. The second-order valence-electron chi connectivity index (χ2n) is 6.02. The molecule has 0 saturated carbocycles. The summed E-state index contributed by atoms with van der Waals surface area (Å²) in [5, 5.41) is 20.6. The number of aromatic nitrogens is 2. The van der Waals surface area contributed by atoms with Crippen LogP contribution >= 0.6 is 11.6 Å². The van der Waals surface area contributed by atoms with E-state index in [0.29, 0.717) is 28.7 Å². The highest BCUT2D eigenvalue weighted by Gasteiger charge is 2.21. The lowest BCUT2D eigenvalue weighted by Crippen LogP contribution is -2.14. The van der Waals surface area contributed by atoms with Gasteiger partial charge in [0.15, 0.2) is 11.5 Å². The Balaban J connectivity index is 1.84. The van der Waals surface area contributed by atoms with Gasteiger partial charge in [-0.15, -0.1) is 0 Å². The van der Waals surface area contributed by atoms with E-state index in [4.69, 9.17) is 21.1 Å². The highest BCUT2D eigenvalue weighted by atomic mass is 35.5. The highest BCUT2D eigenvalue weighted by Crippen LogP contribution is 2.37. The summed E-state index contributed by atoms with van der Waals surface area (Å²) < 4.78 is 11.1. The Morgan fingerprint density at radius 2 is 2.00 bits per heavy atom. The lowest BCUT2D eigenvalue weighted by Gasteiger charge is -2.13. The monoisotopic (exact) mass is 429 g/mol. The fourth-order valence-corrected chi connectivity index (χ4v) is 2.87. The van der Waals surface area contributed by atoms with Gasteiger partial charge in [0.25, 0.3) is 5.88 Å². The number of aromatic amines is 1. The fourth-order valence-electron chi connectivity index (χ4n) is 2.60. The van der Waals surface area contributed by atoms with Gasteiger partial charge in [0.1, 0.15) is 12.4 Å².